The van der Waals surface area contributed by atoms with E-state index in [4.69, 9.17) is 23.2 Å². The molecule has 1 aliphatic carbocycles. The number of carboxylic acid groups (broad SMARTS) is 1. The molecule has 2 aromatic carbocycles. The van der Waals surface area contributed by atoms with E-state index in [1.807, 2.05) is 24.3 Å². The quantitative estimate of drug-likeness (QED) is 0.819. The fourth-order valence-corrected chi connectivity index (χ4v) is 4.28. The normalized spacial score (nSPS) is 24.2. The standard InChI is InChI=1S/C19H15Cl2NO2/c20-12-4-1-3-10(7-12)17-14-6-2-5-13(14)15-8-11(19(23)24)9-16(21)18(15)22-17/h1-5,7-9,13-14,17,22H,6H2,(H,23,24)/p-1/t13-,14-,17-/m0/s1. The molecular formula is C19H14Cl2NO2-. The van der Waals surface area contributed by atoms with Crippen LogP contribution in [-0.2, 0) is 0 Å². The minimum Gasteiger partial charge on any atom is -0.545 e. The Balaban J connectivity index is 1.83. The SMILES string of the molecule is O=C([O-])c1cc(Cl)c2c(c1)[C@H]1C=CC[C@@H]1[C@H](c1cccc(Cl)c1)N2. The second-order valence-corrected chi connectivity index (χ2v) is 7.08. The van der Waals surface area contributed by atoms with Gasteiger partial charge in [-0.3, -0.25) is 0 Å². The molecular weight excluding hydrogens is 345 g/mol. The third-order valence-electron chi connectivity index (χ3n) is 4.86. The van der Waals surface area contributed by atoms with Crippen LogP contribution in [0.25, 0.3) is 0 Å². The van der Waals surface area contributed by atoms with Crippen molar-refractivity contribution < 1.29 is 9.90 Å². The van der Waals surface area contributed by atoms with Crippen molar-refractivity contribution in [1.29, 1.82) is 0 Å². The number of carboxylic acids is 1. The Morgan fingerprint density at radius 2 is 2.04 bits per heavy atom. The van der Waals surface area contributed by atoms with Crippen LogP contribution in [0, 0.1) is 5.92 Å². The van der Waals surface area contributed by atoms with E-state index < -0.39 is 5.97 Å². The molecule has 0 aromatic heterocycles. The van der Waals surface area contributed by atoms with Crippen LogP contribution in [0.3, 0.4) is 0 Å². The van der Waals surface area contributed by atoms with Gasteiger partial charge in [0.1, 0.15) is 0 Å². The predicted molar refractivity (Wildman–Crippen MR) is 93.6 cm³/mol. The first kappa shape index (κ1) is 15.6. The number of allylic oxidation sites excluding steroid dienone is 2. The molecule has 2 aliphatic rings. The first-order valence-electron chi connectivity index (χ1n) is 7.78. The van der Waals surface area contributed by atoms with Crippen molar-refractivity contribution in [3.8, 4) is 0 Å². The summed E-state index contributed by atoms with van der Waals surface area (Å²) in [6.45, 7) is 0. The van der Waals surface area contributed by atoms with Gasteiger partial charge in [-0.1, -0.05) is 47.5 Å². The van der Waals surface area contributed by atoms with Crippen LogP contribution in [0.4, 0.5) is 5.69 Å². The van der Waals surface area contributed by atoms with Crippen LogP contribution < -0.4 is 10.4 Å². The Kier molecular flexibility index (Phi) is 3.78. The molecule has 1 heterocycles. The fourth-order valence-electron chi connectivity index (χ4n) is 3.80. The van der Waals surface area contributed by atoms with E-state index in [9.17, 15) is 9.90 Å². The van der Waals surface area contributed by atoms with Gasteiger partial charge in [-0.05, 0) is 53.3 Å². The average Bonchev–Trinajstić information content (AvgIpc) is 3.04. The number of carbonyl (C=O) groups excluding carboxylic acids is 1. The molecule has 1 N–H and O–H groups in total. The van der Waals surface area contributed by atoms with Crippen molar-refractivity contribution in [2.24, 2.45) is 5.92 Å². The van der Waals surface area contributed by atoms with E-state index >= 15 is 0 Å². The third kappa shape index (κ3) is 2.48. The van der Waals surface area contributed by atoms with Crippen molar-refractivity contribution in [2.75, 3.05) is 5.32 Å². The van der Waals surface area contributed by atoms with Gasteiger partial charge in [0, 0.05) is 10.9 Å². The lowest BCUT2D eigenvalue weighted by Gasteiger charge is -2.38. The van der Waals surface area contributed by atoms with E-state index in [0.717, 1.165) is 23.2 Å². The number of benzene rings is 2. The first-order valence-corrected chi connectivity index (χ1v) is 8.53. The Morgan fingerprint density at radius 1 is 1.21 bits per heavy atom. The highest BCUT2D eigenvalue weighted by Gasteiger charge is 2.38. The molecule has 122 valence electrons. The van der Waals surface area contributed by atoms with Crippen molar-refractivity contribution in [3.05, 3.63) is 75.3 Å². The van der Waals surface area contributed by atoms with E-state index in [0.29, 0.717) is 16.0 Å². The topological polar surface area (TPSA) is 52.2 Å². The maximum Gasteiger partial charge on any atom is 0.0715 e. The molecule has 1 aliphatic heterocycles. The number of aromatic carboxylic acids is 1. The summed E-state index contributed by atoms with van der Waals surface area (Å²) in [7, 11) is 0. The molecule has 24 heavy (non-hydrogen) atoms. The minimum atomic E-state index is -1.21. The third-order valence-corrected chi connectivity index (χ3v) is 5.40. The van der Waals surface area contributed by atoms with E-state index in [1.165, 1.54) is 6.07 Å². The van der Waals surface area contributed by atoms with E-state index in [-0.39, 0.29) is 17.5 Å². The Labute approximate surface area is 149 Å². The van der Waals surface area contributed by atoms with Crippen LogP contribution in [0.1, 0.15) is 39.9 Å². The first-order chi connectivity index (χ1) is 11.5. The molecule has 4 rings (SSSR count). The molecule has 0 amide bonds. The number of hydrogen-bond acceptors (Lipinski definition) is 3. The number of fused-ring (bicyclic) bond motifs is 3. The summed E-state index contributed by atoms with van der Waals surface area (Å²) in [4.78, 5) is 11.2. The summed E-state index contributed by atoms with van der Waals surface area (Å²) in [6, 6.07) is 11.0. The molecule has 0 saturated heterocycles. The minimum absolute atomic E-state index is 0.0718. The lowest BCUT2D eigenvalue weighted by Crippen LogP contribution is -2.30. The lowest BCUT2D eigenvalue weighted by atomic mass is 9.76. The summed E-state index contributed by atoms with van der Waals surface area (Å²) >= 11 is 12.5. The maximum atomic E-state index is 11.2. The van der Waals surface area contributed by atoms with Gasteiger partial charge in [0.05, 0.1) is 22.7 Å². The van der Waals surface area contributed by atoms with Crippen molar-refractivity contribution >= 4 is 34.9 Å². The molecule has 3 nitrogen and oxygen atoms in total. The summed E-state index contributed by atoms with van der Waals surface area (Å²) < 4.78 is 0. The monoisotopic (exact) mass is 358 g/mol. The molecule has 0 spiro atoms. The summed E-state index contributed by atoms with van der Waals surface area (Å²) in [5.74, 6) is -0.790. The highest BCUT2D eigenvalue weighted by molar-refractivity contribution is 6.34. The van der Waals surface area contributed by atoms with Crippen molar-refractivity contribution in [3.63, 3.8) is 0 Å². The maximum absolute atomic E-state index is 11.2. The number of hydrogen-bond donors (Lipinski definition) is 1. The zero-order chi connectivity index (χ0) is 16.8. The smallest absolute Gasteiger partial charge is 0.0715 e. The molecule has 3 atom stereocenters. The molecule has 5 heteroatoms. The van der Waals surface area contributed by atoms with Crippen molar-refractivity contribution in [2.45, 2.75) is 18.4 Å². The molecule has 0 saturated carbocycles. The van der Waals surface area contributed by atoms with Gasteiger partial charge in [-0.2, -0.15) is 0 Å². The second-order valence-electron chi connectivity index (χ2n) is 6.24. The second kappa shape index (κ2) is 5.83. The van der Waals surface area contributed by atoms with Gasteiger partial charge in [0.25, 0.3) is 0 Å². The number of carbonyl (C=O) groups is 1. The number of rotatable bonds is 2. The molecule has 0 fully saturated rings. The van der Waals surface area contributed by atoms with Crippen LogP contribution in [0.5, 0.6) is 0 Å². The van der Waals surface area contributed by atoms with Crippen molar-refractivity contribution in [1.82, 2.24) is 0 Å². The van der Waals surface area contributed by atoms with Gasteiger partial charge >= 0.3 is 0 Å². The molecule has 0 radical (unpaired) electrons. The Morgan fingerprint density at radius 3 is 2.79 bits per heavy atom. The average molecular weight is 359 g/mol. The largest absolute Gasteiger partial charge is 0.545 e. The number of nitrogens with one attached hydrogen (secondary N) is 1. The summed E-state index contributed by atoms with van der Waals surface area (Å²) in [5.41, 5.74) is 2.92. The van der Waals surface area contributed by atoms with Gasteiger partial charge in [-0.25, -0.2) is 0 Å². The van der Waals surface area contributed by atoms with Gasteiger partial charge in [-0.15, -0.1) is 0 Å². The van der Waals surface area contributed by atoms with Gasteiger partial charge in [0.2, 0.25) is 0 Å². The number of anilines is 1. The van der Waals surface area contributed by atoms with E-state index in [1.54, 1.807) is 6.07 Å². The van der Waals surface area contributed by atoms with Crippen LogP contribution >= 0.6 is 23.2 Å². The summed E-state index contributed by atoms with van der Waals surface area (Å²) in [6.07, 6.45) is 5.20. The number of halogens is 2. The predicted octanol–water partition coefficient (Wildman–Crippen LogP) is 4.18. The van der Waals surface area contributed by atoms with Crippen LogP contribution in [0.15, 0.2) is 48.6 Å². The highest BCUT2D eigenvalue weighted by Crippen LogP contribution is 2.51. The Bertz CT molecular complexity index is 862. The highest BCUT2D eigenvalue weighted by atomic mass is 35.5. The fraction of sp³-hybridized carbons (Fsp3) is 0.211. The zero-order valence-electron chi connectivity index (χ0n) is 12.6. The summed E-state index contributed by atoms with van der Waals surface area (Å²) in [5, 5.41) is 15.8. The van der Waals surface area contributed by atoms with Gasteiger partial charge in [0.15, 0.2) is 0 Å². The van der Waals surface area contributed by atoms with Gasteiger partial charge < -0.3 is 15.2 Å². The molecule has 0 unspecified atom stereocenters. The lowest BCUT2D eigenvalue weighted by molar-refractivity contribution is -0.255. The molecule has 2 aromatic rings. The molecule has 0 bridgehead atoms. The van der Waals surface area contributed by atoms with E-state index in [2.05, 4.69) is 17.5 Å². The van der Waals surface area contributed by atoms with Crippen LogP contribution in [-0.4, -0.2) is 5.97 Å². The Hall–Kier alpha value is -1.97. The van der Waals surface area contributed by atoms with Crippen LogP contribution in [0.2, 0.25) is 10.0 Å². The zero-order valence-corrected chi connectivity index (χ0v) is 14.1.